The Morgan fingerprint density at radius 3 is 2.67 bits per heavy atom. The molecule has 1 heterocycles. The quantitative estimate of drug-likeness (QED) is 0.198. The van der Waals surface area contributed by atoms with Crippen molar-refractivity contribution in [1.82, 2.24) is 0 Å². The summed E-state index contributed by atoms with van der Waals surface area (Å²) in [4.78, 5) is 10.1. The van der Waals surface area contributed by atoms with Crippen molar-refractivity contribution in [3.63, 3.8) is 0 Å². The summed E-state index contributed by atoms with van der Waals surface area (Å²) in [5.74, 6) is 0. The Labute approximate surface area is 110 Å². The molecule has 0 spiro atoms. The first-order chi connectivity index (χ1) is 3.80. The molecule has 5 heteroatoms. The van der Waals surface area contributed by atoms with Crippen LogP contribution in [0.15, 0.2) is 10.2 Å². The number of carbonyl (C=O) groups is 1. The molecule has 0 unspecified atom stereocenters. The van der Waals surface area contributed by atoms with Crippen molar-refractivity contribution in [1.29, 1.82) is 0 Å². The molecule has 0 bridgehead atoms. The molecule has 48 valence electrons. The minimum absolute atomic E-state index is 0. The molecule has 0 radical (unpaired) electrons. The summed E-state index contributed by atoms with van der Waals surface area (Å²) in [5.41, 5.74) is 0. The summed E-state index contributed by atoms with van der Waals surface area (Å²) in [5, 5.41) is 10.1. The van der Waals surface area contributed by atoms with Crippen LogP contribution in [-0.2, 0) is 0 Å². The Kier molecular flexibility index (Phi) is 7.40. The van der Waals surface area contributed by atoms with Crippen LogP contribution >= 0.6 is 15.8 Å². The van der Waals surface area contributed by atoms with E-state index in [0.717, 1.165) is 4.43 Å². The van der Waals surface area contributed by atoms with E-state index in [1.165, 1.54) is 0 Å². The van der Waals surface area contributed by atoms with Gasteiger partial charge in [-0.2, -0.15) is 0 Å². The van der Waals surface area contributed by atoms with Gasteiger partial charge >= 0.3 is 113 Å². The van der Waals surface area contributed by atoms with Crippen LogP contribution in [0.4, 0.5) is 4.79 Å². The zero-order chi connectivity index (χ0) is 5.98. The normalized spacial score (nSPS) is 20.2. The maximum Gasteiger partial charge on any atom is 1.00 e. The van der Waals surface area contributed by atoms with Gasteiger partial charge in [-0.1, -0.05) is 0 Å². The van der Waals surface area contributed by atoms with Gasteiger partial charge in [0.2, 0.25) is 0 Å². The van der Waals surface area contributed by atoms with Gasteiger partial charge in [-0.05, 0) is 0 Å². The second kappa shape index (κ2) is 5.89. The van der Waals surface area contributed by atoms with Gasteiger partial charge in [-0.3, -0.25) is 0 Å². The molecule has 0 aromatic carbocycles. The SMILES string of the molecule is O=C([O-])I1CC=C[I-]1.[K+]. The first-order valence-corrected chi connectivity index (χ1v) is 12.1. The molecule has 0 saturated carbocycles. The van der Waals surface area contributed by atoms with Gasteiger partial charge in [-0.25, -0.2) is 0 Å². The number of allylic oxidation sites excluding steroid dienone is 1. The van der Waals surface area contributed by atoms with Gasteiger partial charge in [0, 0.05) is 0 Å². The van der Waals surface area contributed by atoms with E-state index in [2.05, 4.69) is 4.08 Å². The van der Waals surface area contributed by atoms with Crippen LogP contribution in [0, 0.1) is 0 Å². The molecule has 0 aromatic rings. The number of hydrogen-bond donors (Lipinski definition) is 0. The second-order valence-electron chi connectivity index (χ2n) is 1.14. The van der Waals surface area contributed by atoms with Crippen LogP contribution in [0.2, 0.25) is 0 Å². The average Bonchev–Trinajstić information content (AvgIpc) is 2.12. The fraction of sp³-hybridized carbons (Fsp3) is 0.250. The van der Waals surface area contributed by atoms with E-state index in [0.29, 0.717) is 0 Å². The largest absolute Gasteiger partial charge is 1.00 e. The van der Waals surface area contributed by atoms with Crippen molar-refractivity contribution < 1.29 is 78.5 Å². The smallest absolute Gasteiger partial charge is 1.00 e. The van der Waals surface area contributed by atoms with Gasteiger partial charge in [0.15, 0.2) is 0 Å². The summed E-state index contributed by atoms with van der Waals surface area (Å²) in [6.45, 7) is 0. The first-order valence-electron chi connectivity index (χ1n) is 1.97. The summed E-state index contributed by atoms with van der Waals surface area (Å²) in [7, 11) is 0. The molecule has 0 amide bonds. The van der Waals surface area contributed by atoms with Crippen molar-refractivity contribution >= 4 is 19.8 Å². The van der Waals surface area contributed by atoms with Gasteiger partial charge in [-0.15, -0.1) is 0 Å². The molecule has 1 aliphatic heterocycles. The molecular formula is C4H4I2KO2-. The number of carbonyl (C=O) groups excluding carboxylic acids is 1. The van der Waals surface area contributed by atoms with Crippen molar-refractivity contribution in [3.8, 4) is 0 Å². The second-order valence-corrected chi connectivity index (χ2v) is 15.6. The topological polar surface area (TPSA) is 40.1 Å². The van der Waals surface area contributed by atoms with E-state index in [4.69, 9.17) is 0 Å². The molecule has 0 aromatic heterocycles. The summed E-state index contributed by atoms with van der Waals surface area (Å²) in [6.07, 6.45) is 1.99. The van der Waals surface area contributed by atoms with Crippen LogP contribution in [0.5, 0.6) is 0 Å². The maximum absolute atomic E-state index is 10.1. The molecule has 1 rings (SSSR count). The average molecular weight is 377 g/mol. The Morgan fingerprint density at radius 1 is 1.78 bits per heavy atom. The standard InChI is InChI=1S/C4H5I2O2.K/c7-4(8)6-3-1-2-5-6;/h1-2H,3H2,(H,7,8);/q-1;+1/p-1. The zero-order valence-corrected chi connectivity index (χ0v) is 12.4. The Hall–Kier alpha value is 2.31. The Bertz CT molecular complexity index is 129. The minimum Gasteiger partial charge on any atom is 1.00 e. The van der Waals surface area contributed by atoms with Crippen molar-refractivity contribution in [2.45, 2.75) is 0 Å². The molecule has 0 saturated heterocycles. The van der Waals surface area contributed by atoms with Gasteiger partial charge in [0.25, 0.3) is 0 Å². The summed E-state index contributed by atoms with van der Waals surface area (Å²) in [6, 6.07) is 0. The third kappa shape index (κ3) is 4.02. The zero-order valence-electron chi connectivity index (χ0n) is 4.93. The van der Waals surface area contributed by atoms with E-state index in [9.17, 15) is 9.90 Å². The fourth-order valence-electron chi connectivity index (χ4n) is 0.333. The first kappa shape index (κ1) is 11.3. The molecule has 0 atom stereocenters. The number of rotatable bonds is 1. The predicted molar refractivity (Wildman–Crippen MR) is 33.4 cm³/mol. The number of halogens is 2. The fourth-order valence-corrected chi connectivity index (χ4v) is 10.9. The summed E-state index contributed by atoms with van der Waals surface area (Å²) < 4.78 is 2.20. The van der Waals surface area contributed by atoms with Gasteiger partial charge in [0.05, 0.1) is 0 Å². The van der Waals surface area contributed by atoms with Crippen LogP contribution in [0.3, 0.4) is 0 Å². The minimum atomic E-state index is -1.51. The van der Waals surface area contributed by atoms with Gasteiger partial charge in [0.1, 0.15) is 0 Å². The molecule has 0 fully saturated rings. The Balaban J connectivity index is 0.000000640. The van der Waals surface area contributed by atoms with Crippen LogP contribution in [0.1, 0.15) is 0 Å². The number of hydrogen-bond acceptors (Lipinski definition) is 2. The van der Waals surface area contributed by atoms with E-state index in [1.54, 1.807) is 0 Å². The predicted octanol–water partition coefficient (Wildman–Crippen LogP) is -5.63. The van der Waals surface area contributed by atoms with Crippen LogP contribution in [-0.4, -0.2) is 8.40 Å². The molecule has 9 heavy (non-hydrogen) atoms. The van der Waals surface area contributed by atoms with E-state index < -0.39 is 19.8 Å². The molecule has 2 nitrogen and oxygen atoms in total. The molecule has 0 aliphatic carbocycles. The third-order valence-corrected chi connectivity index (χ3v) is 14.3. The number of carboxylic acid groups (broad SMARTS) is 1. The van der Waals surface area contributed by atoms with E-state index in [-0.39, 0.29) is 68.6 Å². The van der Waals surface area contributed by atoms with E-state index >= 15 is 0 Å². The van der Waals surface area contributed by atoms with E-state index in [1.807, 2.05) is 6.08 Å². The van der Waals surface area contributed by atoms with Gasteiger partial charge < -0.3 is 0 Å². The molecule has 0 N–H and O–H groups in total. The van der Waals surface area contributed by atoms with Crippen molar-refractivity contribution in [3.05, 3.63) is 10.2 Å². The molecular weight excluding hydrogens is 373 g/mol. The maximum atomic E-state index is 10.1. The number of alkyl halides is 1. The molecule has 1 aliphatic rings. The summed E-state index contributed by atoms with van der Waals surface area (Å²) >= 11 is -1.56. The monoisotopic (exact) mass is 377 g/mol. The Morgan fingerprint density at radius 2 is 2.44 bits per heavy atom. The van der Waals surface area contributed by atoms with Crippen LogP contribution in [0.25, 0.3) is 0 Å². The van der Waals surface area contributed by atoms with Crippen molar-refractivity contribution in [2.24, 2.45) is 0 Å². The van der Waals surface area contributed by atoms with Crippen molar-refractivity contribution in [2.75, 3.05) is 4.43 Å². The van der Waals surface area contributed by atoms with Crippen LogP contribution < -0.4 is 73.7 Å². The third-order valence-electron chi connectivity index (χ3n) is 0.628.